The Hall–Kier alpha value is -1.49. The molecule has 1 aliphatic carbocycles. The van der Waals surface area contributed by atoms with Crippen LogP contribution in [0.1, 0.15) is 19.8 Å². The highest BCUT2D eigenvalue weighted by Gasteiger charge is 2.52. The number of piperazine rings is 1. The molecule has 1 heterocycles. The van der Waals surface area contributed by atoms with Crippen molar-refractivity contribution in [3.8, 4) is 0 Å². The second kappa shape index (κ2) is 5.72. The van der Waals surface area contributed by atoms with Crippen LogP contribution >= 0.6 is 11.8 Å². The van der Waals surface area contributed by atoms with Crippen molar-refractivity contribution in [1.29, 1.82) is 0 Å². The van der Waals surface area contributed by atoms with E-state index in [4.69, 9.17) is 0 Å². The van der Waals surface area contributed by atoms with E-state index in [0.29, 0.717) is 12.5 Å². The first-order chi connectivity index (χ1) is 10.1. The maximum atomic E-state index is 12.6. The van der Waals surface area contributed by atoms with Crippen LogP contribution in [0.5, 0.6) is 0 Å². The number of rotatable bonds is 5. The van der Waals surface area contributed by atoms with Gasteiger partial charge in [0, 0.05) is 17.2 Å². The molecule has 1 atom stereocenters. The highest BCUT2D eigenvalue weighted by molar-refractivity contribution is 7.99. The van der Waals surface area contributed by atoms with Crippen molar-refractivity contribution < 1.29 is 9.59 Å². The van der Waals surface area contributed by atoms with Crippen molar-refractivity contribution in [2.45, 2.75) is 30.2 Å². The average Bonchev–Trinajstić information content (AvgIpc) is 3.30. The van der Waals surface area contributed by atoms with Gasteiger partial charge in [-0.3, -0.25) is 9.59 Å². The molecule has 0 radical (unpaired) electrons. The van der Waals surface area contributed by atoms with E-state index >= 15 is 0 Å². The lowest BCUT2D eigenvalue weighted by molar-refractivity contribution is -0.149. The van der Waals surface area contributed by atoms with Gasteiger partial charge in [0.25, 0.3) is 0 Å². The molecule has 3 rings (SSSR count). The van der Waals surface area contributed by atoms with Crippen molar-refractivity contribution in [2.24, 2.45) is 5.92 Å². The molecule has 1 aromatic carbocycles. The van der Waals surface area contributed by atoms with Crippen LogP contribution in [-0.4, -0.2) is 41.1 Å². The third-order valence-electron chi connectivity index (χ3n) is 4.23. The minimum atomic E-state index is -0.674. The minimum Gasteiger partial charge on any atom is -0.340 e. The summed E-state index contributed by atoms with van der Waals surface area (Å²) in [5.74, 6) is 1.18. The van der Waals surface area contributed by atoms with Gasteiger partial charge in [0.1, 0.15) is 5.54 Å². The molecule has 1 aromatic rings. The lowest BCUT2D eigenvalue weighted by Gasteiger charge is -2.40. The summed E-state index contributed by atoms with van der Waals surface area (Å²) in [5, 5.41) is 2.91. The summed E-state index contributed by atoms with van der Waals surface area (Å²) in [6.07, 6.45) is 2.07. The fourth-order valence-corrected chi connectivity index (χ4v) is 3.76. The molecule has 112 valence electrons. The number of nitrogens with zero attached hydrogens (tertiary/aromatic N) is 1. The van der Waals surface area contributed by atoms with Gasteiger partial charge >= 0.3 is 0 Å². The summed E-state index contributed by atoms with van der Waals surface area (Å²) in [6, 6.07) is 10.1. The molecule has 1 N–H and O–H groups in total. The molecule has 2 amide bonds. The molecule has 21 heavy (non-hydrogen) atoms. The predicted octanol–water partition coefficient (Wildman–Crippen LogP) is 1.91. The smallest absolute Gasteiger partial charge is 0.248 e. The monoisotopic (exact) mass is 304 g/mol. The second-order valence-electron chi connectivity index (χ2n) is 5.91. The van der Waals surface area contributed by atoms with Gasteiger partial charge in [-0.2, -0.15) is 0 Å². The largest absolute Gasteiger partial charge is 0.340 e. The average molecular weight is 304 g/mol. The van der Waals surface area contributed by atoms with Crippen molar-refractivity contribution in [3.63, 3.8) is 0 Å². The Bertz CT molecular complexity index is 544. The Labute approximate surface area is 129 Å². The van der Waals surface area contributed by atoms with Crippen LogP contribution in [0.2, 0.25) is 0 Å². The summed E-state index contributed by atoms with van der Waals surface area (Å²) >= 11 is 1.72. The zero-order valence-corrected chi connectivity index (χ0v) is 13.0. The van der Waals surface area contributed by atoms with E-state index in [9.17, 15) is 9.59 Å². The molecule has 2 fully saturated rings. The van der Waals surface area contributed by atoms with Gasteiger partial charge in [-0.15, -0.1) is 11.8 Å². The quantitative estimate of drug-likeness (QED) is 0.845. The maximum absolute atomic E-state index is 12.6. The van der Waals surface area contributed by atoms with E-state index in [1.54, 1.807) is 16.7 Å². The van der Waals surface area contributed by atoms with Crippen LogP contribution in [0.3, 0.4) is 0 Å². The Morgan fingerprint density at radius 1 is 1.29 bits per heavy atom. The molecule has 1 saturated heterocycles. The highest BCUT2D eigenvalue weighted by Crippen LogP contribution is 2.41. The van der Waals surface area contributed by atoms with Crippen molar-refractivity contribution in [1.82, 2.24) is 10.2 Å². The number of amides is 2. The van der Waals surface area contributed by atoms with E-state index in [1.807, 2.05) is 25.1 Å². The molecule has 2 aliphatic rings. The van der Waals surface area contributed by atoms with Gasteiger partial charge in [0.2, 0.25) is 11.8 Å². The SMILES string of the molecule is CC1(C2CC2)NC(=O)CN(CCSc2ccccc2)C1=O. The lowest BCUT2D eigenvalue weighted by atomic mass is 9.91. The third-order valence-corrected chi connectivity index (χ3v) is 5.22. The van der Waals surface area contributed by atoms with Gasteiger partial charge in [0.05, 0.1) is 6.54 Å². The van der Waals surface area contributed by atoms with Crippen molar-refractivity contribution >= 4 is 23.6 Å². The minimum absolute atomic E-state index is 0.0336. The van der Waals surface area contributed by atoms with Gasteiger partial charge in [0.15, 0.2) is 0 Å². The molecular formula is C16H20N2O2S. The van der Waals surface area contributed by atoms with Crippen LogP contribution in [0.15, 0.2) is 35.2 Å². The molecule has 4 nitrogen and oxygen atoms in total. The van der Waals surface area contributed by atoms with Gasteiger partial charge in [-0.05, 0) is 37.8 Å². The number of hydrogen-bond acceptors (Lipinski definition) is 3. The normalized spacial score (nSPS) is 25.9. The maximum Gasteiger partial charge on any atom is 0.248 e. The Morgan fingerprint density at radius 3 is 2.67 bits per heavy atom. The first kappa shape index (κ1) is 14.4. The molecule has 0 aromatic heterocycles. The molecular weight excluding hydrogens is 284 g/mol. The molecule has 1 unspecified atom stereocenters. The van der Waals surface area contributed by atoms with Gasteiger partial charge < -0.3 is 10.2 Å². The third kappa shape index (κ3) is 3.07. The molecule has 5 heteroatoms. The summed E-state index contributed by atoms with van der Waals surface area (Å²) in [5.41, 5.74) is -0.674. The van der Waals surface area contributed by atoms with E-state index in [0.717, 1.165) is 18.6 Å². The first-order valence-electron chi connectivity index (χ1n) is 7.38. The van der Waals surface area contributed by atoms with Crippen LogP contribution in [0.4, 0.5) is 0 Å². The summed E-state index contributed by atoms with van der Waals surface area (Å²) < 4.78 is 0. The first-order valence-corrected chi connectivity index (χ1v) is 8.36. The van der Waals surface area contributed by atoms with E-state index in [1.165, 1.54) is 4.90 Å². The predicted molar refractivity (Wildman–Crippen MR) is 83.0 cm³/mol. The Kier molecular flexibility index (Phi) is 3.93. The van der Waals surface area contributed by atoms with E-state index in [2.05, 4.69) is 17.4 Å². The van der Waals surface area contributed by atoms with Gasteiger partial charge in [-0.1, -0.05) is 18.2 Å². The number of benzene rings is 1. The van der Waals surface area contributed by atoms with Gasteiger partial charge in [-0.25, -0.2) is 0 Å². The van der Waals surface area contributed by atoms with E-state index < -0.39 is 5.54 Å². The Morgan fingerprint density at radius 2 is 2.00 bits per heavy atom. The standard InChI is InChI=1S/C16H20N2O2S/c1-16(12-7-8-12)15(20)18(11-14(19)17-16)9-10-21-13-5-3-2-4-6-13/h2-6,12H,7-11H2,1H3,(H,17,19). The van der Waals surface area contributed by atoms with Crippen LogP contribution < -0.4 is 5.32 Å². The van der Waals surface area contributed by atoms with Crippen LogP contribution in [0.25, 0.3) is 0 Å². The Balaban J connectivity index is 1.59. The van der Waals surface area contributed by atoms with Crippen LogP contribution in [0, 0.1) is 5.92 Å². The second-order valence-corrected chi connectivity index (χ2v) is 7.08. The number of hydrogen-bond donors (Lipinski definition) is 1. The number of thioether (sulfide) groups is 1. The number of nitrogens with one attached hydrogen (secondary N) is 1. The van der Waals surface area contributed by atoms with Crippen molar-refractivity contribution in [3.05, 3.63) is 30.3 Å². The number of carbonyl (C=O) groups excluding carboxylic acids is 2. The summed E-state index contributed by atoms with van der Waals surface area (Å²) in [4.78, 5) is 27.4. The molecule has 1 aliphatic heterocycles. The van der Waals surface area contributed by atoms with Crippen LogP contribution in [-0.2, 0) is 9.59 Å². The number of carbonyl (C=O) groups is 2. The lowest BCUT2D eigenvalue weighted by Crippen LogP contribution is -2.66. The molecule has 0 bridgehead atoms. The zero-order valence-electron chi connectivity index (χ0n) is 12.2. The van der Waals surface area contributed by atoms with Crippen molar-refractivity contribution in [2.75, 3.05) is 18.8 Å². The fraction of sp³-hybridized carbons (Fsp3) is 0.500. The molecule has 0 spiro atoms. The highest BCUT2D eigenvalue weighted by atomic mass is 32.2. The molecule has 1 saturated carbocycles. The fourth-order valence-electron chi connectivity index (χ4n) is 2.86. The summed E-state index contributed by atoms with van der Waals surface area (Å²) in [6.45, 7) is 2.69. The summed E-state index contributed by atoms with van der Waals surface area (Å²) in [7, 11) is 0. The topological polar surface area (TPSA) is 49.4 Å². The van der Waals surface area contributed by atoms with E-state index in [-0.39, 0.29) is 18.4 Å². The zero-order chi connectivity index (χ0) is 14.9.